The molecule has 0 aliphatic rings. The summed E-state index contributed by atoms with van der Waals surface area (Å²) in [6.45, 7) is 4.43. The van der Waals surface area contributed by atoms with Gasteiger partial charge in [0, 0.05) is 6.04 Å². The van der Waals surface area contributed by atoms with Gasteiger partial charge in [-0.05, 0) is 50.2 Å². The number of carbonyl (C=O) groups is 1. The molecule has 0 bridgehead atoms. The number of nitrogens with one attached hydrogen (secondary N) is 1. The fourth-order valence-corrected chi connectivity index (χ4v) is 2.80. The molecule has 0 saturated heterocycles. The largest absolute Gasteiger partial charge is 0.484 e. The Kier molecular flexibility index (Phi) is 5.18. The number of amides is 1. The van der Waals surface area contributed by atoms with Crippen LogP contribution >= 0.6 is 0 Å². The van der Waals surface area contributed by atoms with Crippen molar-refractivity contribution in [3.05, 3.63) is 59.9 Å². The molecule has 2 aromatic carbocycles. The second kappa shape index (κ2) is 7.70. The highest BCUT2D eigenvalue weighted by atomic mass is 16.5. The Bertz CT molecular complexity index is 952. The Balaban J connectivity index is 1.61. The van der Waals surface area contributed by atoms with Crippen LogP contribution in [0.1, 0.15) is 31.3 Å². The molecule has 6 nitrogen and oxygen atoms in total. The van der Waals surface area contributed by atoms with Crippen molar-refractivity contribution in [3.63, 3.8) is 0 Å². The minimum absolute atomic E-state index is 0.0895. The summed E-state index contributed by atoms with van der Waals surface area (Å²) >= 11 is 0. The number of carbonyl (C=O) groups excluding carboxylic acids is 1. The van der Waals surface area contributed by atoms with Crippen molar-refractivity contribution < 1.29 is 9.53 Å². The van der Waals surface area contributed by atoms with E-state index in [1.165, 1.54) is 0 Å². The highest BCUT2D eigenvalue weighted by Gasteiger charge is 2.13. The number of rotatable bonds is 6. The van der Waals surface area contributed by atoms with Crippen LogP contribution in [0, 0.1) is 11.3 Å². The molecule has 0 fully saturated rings. The lowest BCUT2D eigenvalue weighted by molar-refractivity contribution is -0.123. The summed E-state index contributed by atoms with van der Waals surface area (Å²) in [4.78, 5) is 16.7. The van der Waals surface area contributed by atoms with E-state index in [9.17, 15) is 4.79 Å². The number of hydrogen-bond donors (Lipinski definition) is 1. The predicted octanol–water partition coefficient (Wildman–Crippen LogP) is 3.18. The van der Waals surface area contributed by atoms with Gasteiger partial charge in [0.25, 0.3) is 5.91 Å². The molecular formula is C20H20N4O2. The first-order valence-electron chi connectivity index (χ1n) is 8.44. The van der Waals surface area contributed by atoms with Crippen LogP contribution in [-0.2, 0) is 11.3 Å². The van der Waals surface area contributed by atoms with Crippen molar-refractivity contribution in [2.45, 2.75) is 26.4 Å². The van der Waals surface area contributed by atoms with E-state index in [0.29, 0.717) is 17.9 Å². The number of benzene rings is 2. The van der Waals surface area contributed by atoms with Crippen molar-refractivity contribution >= 4 is 16.9 Å². The molecule has 0 aliphatic heterocycles. The minimum atomic E-state index is -0.225. The third-order valence-corrected chi connectivity index (χ3v) is 3.98. The quantitative estimate of drug-likeness (QED) is 0.742. The maximum atomic E-state index is 12.1. The standard InChI is InChI=1S/C20H20N4O2/c1-14(2)24-18-6-4-3-5-17(18)23-19(24)12-22-20(25)13-26-16-9-7-15(11-21)8-10-16/h3-10,14H,12-13H2,1-2H3,(H,22,25). The van der Waals surface area contributed by atoms with Crippen LogP contribution in [0.3, 0.4) is 0 Å². The molecule has 6 heteroatoms. The van der Waals surface area contributed by atoms with Gasteiger partial charge in [0.05, 0.1) is 29.2 Å². The second-order valence-electron chi connectivity index (χ2n) is 6.18. The molecule has 1 aromatic heterocycles. The van der Waals surface area contributed by atoms with Crippen LogP contribution in [-0.4, -0.2) is 22.1 Å². The van der Waals surface area contributed by atoms with E-state index < -0.39 is 0 Å². The Labute approximate surface area is 152 Å². The van der Waals surface area contributed by atoms with E-state index in [-0.39, 0.29) is 18.6 Å². The number of para-hydroxylation sites is 2. The average Bonchev–Trinajstić information content (AvgIpc) is 3.03. The van der Waals surface area contributed by atoms with Gasteiger partial charge in [-0.3, -0.25) is 4.79 Å². The topological polar surface area (TPSA) is 79.9 Å². The van der Waals surface area contributed by atoms with E-state index in [0.717, 1.165) is 16.9 Å². The van der Waals surface area contributed by atoms with Gasteiger partial charge in [-0.15, -0.1) is 0 Å². The maximum Gasteiger partial charge on any atom is 0.258 e. The Morgan fingerprint density at radius 1 is 1.23 bits per heavy atom. The fraction of sp³-hybridized carbons (Fsp3) is 0.250. The molecular weight excluding hydrogens is 328 g/mol. The lowest BCUT2D eigenvalue weighted by atomic mass is 10.2. The predicted molar refractivity (Wildman–Crippen MR) is 98.6 cm³/mol. The molecule has 0 saturated carbocycles. The molecule has 1 N–H and O–H groups in total. The number of fused-ring (bicyclic) bond motifs is 1. The number of ether oxygens (including phenoxy) is 1. The smallest absolute Gasteiger partial charge is 0.258 e. The third kappa shape index (κ3) is 3.83. The first-order chi connectivity index (χ1) is 12.6. The molecule has 1 amide bonds. The van der Waals surface area contributed by atoms with Crippen molar-refractivity contribution in [2.75, 3.05) is 6.61 Å². The summed E-state index contributed by atoms with van der Waals surface area (Å²) in [5, 5.41) is 11.6. The number of nitrogens with zero attached hydrogens (tertiary/aromatic N) is 3. The van der Waals surface area contributed by atoms with E-state index in [4.69, 9.17) is 10.00 Å². The summed E-state index contributed by atoms with van der Waals surface area (Å²) in [6.07, 6.45) is 0. The van der Waals surface area contributed by atoms with Gasteiger partial charge >= 0.3 is 0 Å². The molecule has 0 spiro atoms. The molecule has 0 atom stereocenters. The van der Waals surface area contributed by atoms with Gasteiger partial charge in [0.15, 0.2) is 6.61 Å². The number of imidazole rings is 1. The Morgan fingerprint density at radius 3 is 2.65 bits per heavy atom. The van der Waals surface area contributed by atoms with E-state index >= 15 is 0 Å². The number of aromatic nitrogens is 2. The molecule has 3 aromatic rings. The first-order valence-corrected chi connectivity index (χ1v) is 8.44. The molecule has 3 rings (SSSR count). The van der Waals surface area contributed by atoms with Crippen LogP contribution in [0.5, 0.6) is 5.75 Å². The SMILES string of the molecule is CC(C)n1c(CNC(=O)COc2ccc(C#N)cc2)nc2ccccc21. The summed E-state index contributed by atoms with van der Waals surface area (Å²) in [6, 6.07) is 16.9. The van der Waals surface area contributed by atoms with Crippen LogP contribution in [0.25, 0.3) is 11.0 Å². The monoisotopic (exact) mass is 348 g/mol. The zero-order chi connectivity index (χ0) is 18.5. The molecule has 0 unspecified atom stereocenters. The van der Waals surface area contributed by atoms with Gasteiger partial charge in [0.1, 0.15) is 11.6 Å². The van der Waals surface area contributed by atoms with Crippen LogP contribution in [0.15, 0.2) is 48.5 Å². The van der Waals surface area contributed by atoms with E-state index in [1.54, 1.807) is 24.3 Å². The fourth-order valence-electron chi connectivity index (χ4n) is 2.80. The Hall–Kier alpha value is -3.33. The van der Waals surface area contributed by atoms with Crippen LogP contribution in [0.2, 0.25) is 0 Å². The highest BCUT2D eigenvalue weighted by molar-refractivity contribution is 5.78. The highest BCUT2D eigenvalue weighted by Crippen LogP contribution is 2.20. The molecule has 0 radical (unpaired) electrons. The summed E-state index contributed by atoms with van der Waals surface area (Å²) in [5.41, 5.74) is 2.52. The normalized spacial score (nSPS) is 10.7. The lowest BCUT2D eigenvalue weighted by Crippen LogP contribution is -2.29. The number of nitriles is 1. The van der Waals surface area contributed by atoms with Crippen molar-refractivity contribution in [1.29, 1.82) is 5.26 Å². The van der Waals surface area contributed by atoms with Crippen LogP contribution in [0.4, 0.5) is 0 Å². The maximum absolute atomic E-state index is 12.1. The second-order valence-corrected chi connectivity index (χ2v) is 6.18. The van der Waals surface area contributed by atoms with Gasteiger partial charge < -0.3 is 14.6 Å². The van der Waals surface area contributed by atoms with Gasteiger partial charge in [-0.2, -0.15) is 5.26 Å². The van der Waals surface area contributed by atoms with Crippen LogP contribution < -0.4 is 10.1 Å². The van der Waals surface area contributed by atoms with Crippen molar-refractivity contribution in [3.8, 4) is 11.8 Å². The van der Waals surface area contributed by atoms with Gasteiger partial charge in [-0.1, -0.05) is 12.1 Å². The lowest BCUT2D eigenvalue weighted by Gasteiger charge is -2.13. The summed E-state index contributed by atoms with van der Waals surface area (Å²) in [5.74, 6) is 1.14. The van der Waals surface area contributed by atoms with Gasteiger partial charge in [0.2, 0.25) is 0 Å². The van der Waals surface area contributed by atoms with E-state index in [2.05, 4.69) is 28.7 Å². The summed E-state index contributed by atoms with van der Waals surface area (Å²) in [7, 11) is 0. The average molecular weight is 348 g/mol. The molecule has 26 heavy (non-hydrogen) atoms. The molecule has 1 heterocycles. The van der Waals surface area contributed by atoms with Gasteiger partial charge in [-0.25, -0.2) is 4.98 Å². The molecule has 0 aliphatic carbocycles. The van der Waals surface area contributed by atoms with E-state index in [1.807, 2.05) is 30.3 Å². The first kappa shape index (κ1) is 17.5. The zero-order valence-corrected chi connectivity index (χ0v) is 14.8. The van der Waals surface area contributed by atoms with Crippen molar-refractivity contribution in [2.24, 2.45) is 0 Å². The number of hydrogen-bond acceptors (Lipinski definition) is 4. The summed E-state index contributed by atoms with van der Waals surface area (Å²) < 4.78 is 7.57. The third-order valence-electron chi connectivity index (χ3n) is 3.98. The molecule has 132 valence electrons. The minimum Gasteiger partial charge on any atom is -0.484 e. The zero-order valence-electron chi connectivity index (χ0n) is 14.8. The van der Waals surface area contributed by atoms with Crippen molar-refractivity contribution in [1.82, 2.24) is 14.9 Å². The Morgan fingerprint density at radius 2 is 1.96 bits per heavy atom.